The Labute approximate surface area is 128 Å². The van der Waals surface area contributed by atoms with Gasteiger partial charge in [-0.25, -0.2) is 0 Å². The van der Waals surface area contributed by atoms with Gasteiger partial charge in [-0.05, 0) is 50.9 Å². The summed E-state index contributed by atoms with van der Waals surface area (Å²) in [6.45, 7) is 0. The smallest absolute Gasteiger partial charge is 0.124 e. The predicted octanol–water partition coefficient (Wildman–Crippen LogP) is 4.24. The Morgan fingerprint density at radius 3 is 2.57 bits per heavy atom. The van der Waals surface area contributed by atoms with Crippen molar-refractivity contribution in [3.8, 4) is 11.5 Å². The number of allylic oxidation sites excluding steroid dienone is 1. The van der Waals surface area contributed by atoms with Crippen LogP contribution in [0.5, 0.6) is 11.5 Å². The van der Waals surface area contributed by atoms with Gasteiger partial charge in [-0.2, -0.15) is 0 Å². The van der Waals surface area contributed by atoms with Crippen LogP contribution in [-0.4, -0.2) is 21.3 Å². The number of benzene rings is 1. The molecule has 0 aliphatic heterocycles. The molecule has 0 aromatic heterocycles. The number of hydrogen-bond donors (Lipinski definition) is 1. The van der Waals surface area contributed by atoms with Crippen LogP contribution in [0.1, 0.15) is 50.1 Å². The zero-order valence-electron chi connectivity index (χ0n) is 13.4. The van der Waals surface area contributed by atoms with Crippen LogP contribution >= 0.6 is 0 Å². The third kappa shape index (κ3) is 4.01. The molecule has 21 heavy (non-hydrogen) atoms. The molecule has 1 aliphatic rings. The Hall–Kier alpha value is -1.48. The van der Waals surface area contributed by atoms with Crippen LogP contribution in [0, 0.1) is 0 Å². The van der Waals surface area contributed by atoms with E-state index in [-0.39, 0.29) is 6.04 Å². The van der Waals surface area contributed by atoms with E-state index >= 15 is 0 Å². The molecule has 0 radical (unpaired) electrons. The van der Waals surface area contributed by atoms with Crippen LogP contribution < -0.4 is 14.8 Å². The average molecular weight is 289 g/mol. The lowest BCUT2D eigenvalue weighted by Gasteiger charge is -2.24. The van der Waals surface area contributed by atoms with Crippen LogP contribution in [0.4, 0.5) is 0 Å². The lowest BCUT2D eigenvalue weighted by atomic mass is 9.90. The van der Waals surface area contributed by atoms with Crippen molar-refractivity contribution in [2.75, 3.05) is 21.3 Å². The zero-order chi connectivity index (χ0) is 15.1. The highest BCUT2D eigenvalue weighted by Gasteiger charge is 2.20. The number of methoxy groups -OCH3 is 2. The number of hydrogen-bond acceptors (Lipinski definition) is 3. The summed E-state index contributed by atoms with van der Waals surface area (Å²) in [6, 6.07) is 6.22. The summed E-state index contributed by atoms with van der Waals surface area (Å²) in [5.74, 6) is 1.79. The molecule has 3 heteroatoms. The van der Waals surface area contributed by atoms with Crippen molar-refractivity contribution in [1.29, 1.82) is 0 Å². The van der Waals surface area contributed by atoms with Gasteiger partial charge in [-0.1, -0.05) is 24.5 Å². The summed E-state index contributed by atoms with van der Waals surface area (Å²) in [6.07, 6.45) is 10.0. The van der Waals surface area contributed by atoms with E-state index in [2.05, 4.69) is 17.5 Å². The van der Waals surface area contributed by atoms with E-state index in [0.717, 1.165) is 23.5 Å². The van der Waals surface area contributed by atoms with Gasteiger partial charge >= 0.3 is 0 Å². The molecule has 0 heterocycles. The third-order valence-corrected chi connectivity index (χ3v) is 4.23. The molecule has 0 fully saturated rings. The fourth-order valence-corrected chi connectivity index (χ4v) is 3.08. The Kier molecular flexibility index (Phi) is 6.12. The Morgan fingerprint density at radius 2 is 1.86 bits per heavy atom. The lowest BCUT2D eigenvalue weighted by molar-refractivity contribution is 0.394. The third-order valence-electron chi connectivity index (χ3n) is 4.23. The van der Waals surface area contributed by atoms with E-state index in [4.69, 9.17) is 9.47 Å². The maximum atomic E-state index is 5.55. The van der Waals surface area contributed by atoms with Crippen molar-refractivity contribution < 1.29 is 9.47 Å². The van der Waals surface area contributed by atoms with Crippen molar-refractivity contribution in [3.63, 3.8) is 0 Å². The molecular weight excluding hydrogens is 262 g/mol. The highest BCUT2D eigenvalue weighted by Crippen LogP contribution is 2.35. The molecule has 116 valence electrons. The van der Waals surface area contributed by atoms with E-state index in [1.807, 2.05) is 19.2 Å². The van der Waals surface area contributed by atoms with Gasteiger partial charge in [0.25, 0.3) is 0 Å². The summed E-state index contributed by atoms with van der Waals surface area (Å²) >= 11 is 0. The first-order chi connectivity index (χ1) is 10.3. The molecule has 1 aromatic rings. The topological polar surface area (TPSA) is 30.5 Å². The number of likely N-dealkylation sites (N-methyl/N-ethyl adjacent to an activating group) is 1. The van der Waals surface area contributed by atoms with Crippen molar-refractivity contribution >= 4 is 0 Å². The Bertz CT molecular complexity index is 482. The van der Waals surface area contributed by atoms with Gasteiger partial charge in [0.15, 0.2) is 0 Å². The monoisotopic (exact) mass is 289 g/mol. The van der Waals surface area contributed by atoms with Crippen LogP contribution in [0.25, 0.3) is 0 Å². The van der Waals surface area contributed by atoms with Crippen molar-refractivity contribution in [2.45, 2.75) is 44.6 Å². The second kappa shape index (κ2) is 8.08. The molecule has 1 atom stereocenters. The molecule has 1 N–H and O–H groups in total. The maximum absolute atomic E-state index is 5.55. The lowest BCUT2D eigenvalue weighted by Crippen LogP contribution is -2.20. The molecule has 1 aliphatic carbocycles. The largest absolute Gasteiger partial charge is 0.497 e. The SMILES string of the molecule is CNC(/C1=C/CCCCCC1)c1cc(OC)ccc1OC. The first-order valence-electron chi connectivity index (χ1n) is 7.88. The van der Waals surface area contributed by atoms with Gasteiger partial charge in [0.05, 0.1) is 20.3 Å². The zero-order valence-corrected chi connectivity index (χ0v) is 13.4. The second-order valence-electron chi connectivity index (χ2n) is 5.56. The first kappa shape index (κ1) is 15.9. The van der Waals surface area contributed by atoms with E-state index in [9.17, 15) is 0 Å². The first-order valence-corrected chi connectivity index (χ1v) is 7.88. The Morgan fingerprint density at radius 1 is 1.05 bits per heavy atom. The van der Waals surface area contributed by atoms with Gasteiger partial charge in [-0.15, -0.1) is 0 Å². The van der Waals surface area contributed by atoms with Crippen LogP contribution in [0.3, 0.4) is 0 Å². The van der Waals surface area contributed by atoms with Crippen molar-refractivity contribution in [3.05, 3.63) is 35.4 Å². The summed E-state index contributed by atoms with van der Waals surface area (Å²) < 4.78 is 10.9. The van der Waals surface area contributed by atoms with E-state index < -0.39 is 0 Å². The number of nitrogens with one attached hydrogen (secondary N) is 1. The van der Waals surface area contributed by atoms with Gasteiger partial charge in [0.1, 0.15) is 11.5 Å². The maximum Gasteiger partial charge on any atom is 0.124 e. The minimum atomic E-state index is 0.202. The quantitative estimate of drug-likeness (QED) is 0.822. The van der Waals surface area contributed by atoms with E-state index in [1.165, 1.54) is 37.7 Å². The molecule has 0 bridgehead atoms. The van der Waals surface area contributed by atoms with Gasteiger partial charge in [0.2, 0.25) is 0 Å². The molecule has 0 amide bonds. The van der Waals surface area contributed by atoms with Crippen LogP contribution in [-0.2, 0) is 0 Å². The number of ether oxygens (including phenoxy) is 2. The molecule has 3 nitrogen and oxygen atoms in total. The fourth-order valence-electron chi connectivity index (χ4n) is 3.08. The summed E-state index contributed by atoms with van der Waals surface area (Å²) in [5.41, 5.74) is 2.63. The van der Waals surface area contributed by atoms with Crippen LogP contribution in [0.2, 0.25) is 0 Å². The Balaban J connectivity index is 2.34. The summed E-state index contributed by atoms with van der Waals surface area (Å²) in [5, 5.41) is 3.46. The highest BCUT2D eigenvalue weighted by atomic mass is 16.5. The summed E-state index contributed by atoms with van der Waals surface area (Å²) in [4.78, 5) is 0. The van der Waals surface area contributed by atoms with E-state index in [1.54, 1.807) is 14.2 Å². The second-order valence-corrected chi connectivity index (χ2v) is 5.56. The average Bonchev–Trinajstić information content (AvgIpc) is 2.49. The highest BCUT2D eigenvalue weighted by molar-refractivity contribution is 5.45. The standard InChI is InChI=1S/C18H27NO2/c1-19-18(14-9-7-5-4-6-8-10-14)16-13-15(20-2)11-12-17(16)21-3/h9,11-13,18-19H,4-8,10H2,1-3H3/b14-9+. The molecular formula is C18H27NO2. The van der Waals surface area contributed by atoms with Gasteiger partial charge in [0, 0.05) is 5.56 Å². The van der Waals surface area contributed by atoms with Crippen LogP contribution in [0.15, 0.2) is 29.8 Å². The normalized spacial score (nSPS) is 19.9. The van der Waals surface area contributed by atoms with Crippen molar-refractivity contribution in [2.24, 2.45) is 0 Å². The molecule has 2 rings (SSSR count). The fraction of sp³-hybridized carbons (Fsp3) is 0.556. The minimum Gasteiger partial charge on any atom is -0.497 e. The van der Waals surface area contributed by atoms with Crippen molar-refractivity contribution in [1.82, 2.24) is 5.32 Å². The molecule has 1 unspecified atom stereocenters. The molecule has 1 aromatic carbocycles. The summed E-state index contributed by atoms with van der Waals surface area (Å²) in [7, 11) is 5.45. The van der Waals surface area contributed by atoms with Gasteiger partial charge in [-0.3, -0.25) is 0 Å². The molecule has 0 spiro atoms. The van der Waals surface area contributed by atoms with E-state index in [0.29, 0.717) is 0 Å². The number of rotatable bonds is 5. The predicted molar refractivity (Wildman–Crippen MR) is 87.1 cm³/mol. The molecule has 0 saturated carbocycles. The minimum absolute atomic E-state index is 0.202. The van der Waals surface area contributed by atoms with Gasteiger partial charge < -0.3 is 14.8 Å². The molecule has 0 saturated heterocycles.